The van der Waals surface area contributed by atoms with E-state index in [2.05, 4.69) is 19.1 Å². The Labute approximate surface area is 166 Å². The average Bonchev–Trinajstić information content (AvgIpc) is 3.02. The zero-order valence-electron chi connectivity index (χ0n) is 17.2. The molecule has 1 aromatic carbocycles. The fourth-order valence-corrected chi connectivity index (χ4v) is 4.19. The lowest BCUT2D eigenvalue weighted by Gasteiger charge is -2.30. The van der Waals surface area contributed by atoms with Crippen LogP contribution in [0.2, 0.25) is 0 Å². The molecule has 0 atom stereocenters. The Morgan fingerprint density at radius 2 is 1.75 bits per heavy atom. The summed E-state index contributed by atoms with van der Waals surface area (Å²) >= 11 is 0. The van der Waals surface area contributed by atoms with E-state index < -0.39 is 0 Å². The minimum absolute atomic E-state index is 0.200. The van der Waals surface area contributed by atoms with E-state index in [1.54, 1.807) is 0 Å². The van der Waals surface area contributed by atoms with Gasteiger partial charge in [-0.1, -0.05) is 37.3 Å². The topological polar surface area (TPSA) is 50.5 Å². The minimum Gasteiger partial charge on any atom is -0.342 e. The van der Waals surface area contributed by atoms with Gasteiger partial charge < -0.3 is 4.90 Å². The Hall–Kier alpha value is -2.69. The second kappa shape index (κ2) is 7.38. The van der Waals surface area contributed by atoms with E-state index in [1.165, 1.54) is 0 Å². The predicted octanol–water partition coefficient (Wildman–Crippen LogP) is 4.12. The number of amides is 1. The van der Waals surface area contributed by atoms with Gasteiger partial charge in [0.05, 0.1) is 12.1 Å². The van der Waals surface area contributed by atoms with Crippen molar-refractivity contribution < 1.29 is 4.79 Å². The zero-order chi connectivity index (χ0) is 19.8. The van der Waals surface area contributed by atoms with Crippen molar-refractivity contribution in [2.75, 3.05) is 13.1 Å². The minimum atomic E-state index is 0.200. The van der Waals surface area contributed by atoms with Crippen LogP contribution in [0.3, 0.4) is 0 Å². The molecule has 1 saturated heterocycles. The second-order valence-electron chi connectivity index (χ2n) is 8.06. The number of nitrogens with zero attached hydrogens (tertiary/aromatic N) is 4. The highest BCUT2D eigenvalue weighted by Crippen LogP contribution is 2.29. The Morgan fingerprint density at radius 1 is 1.07 bits per heavy atom. The van der Waals surface area contributed by atoms with E-state index in [4.69, 9.17) is 10.1 Å². The summed E-state index contributed by atoms with van der Waals surface area (Å²) in [4.78, 5) is 19.8. The normalized spacial score (nSPS) is 15.4. The predicted molar refractivity (Wildman–Crippen MR) is 111 cm³/mol. The molecule has 0 aliphatic carbocycles. The molecule has 1 fully saturated rings. The number of aryl methyl sites for hydroxylation is 3. The van der Waals surface area contributed by atoms with Crippen LogP contribution in [0.5, 0.6) is 0 Å². The number of hydrogen-bond acceptors (Lipinski definition) is 3. The number of hydrogen-bond donors (Lipinski definition) is 0. The summed E-state index contributed by atoms with van der Waals surface area (Å²) in [5.74, 6) is 0.917. The van der Waals surface area contributed by atoms with Crippen molar-refractivity contribution >= 4 is 11.6 Å². The number of benzene rings is 1. The number of fused-ring (bicyclic) bond motifs is 1. The van der Waals surface area contributed by atoms with Crippen molar-refractivity contribution in [2.45, 2.75) is 47.0 Å². The quantitative estimate of drug-likeness (QED) is 0.691. The van der Waals surface area contributed by atoms with Crippen LogP contribution in [-0.4, -0.2) is 38.5 Å². The third-order valence-corrected chi connectivity index (χ3v) is 6.03. The first-order chi connectivity index (χ1) is 13.5. The molecule has 0 bridgehead atoms. The number of rotatable bonds is 3. The van der Waals surface area contributed by atoms with E-state index in [9.17, 15) is 4.79 Å². The molecule has 0 N–H and O–H groups in total. The van der Waals surface area contributed by atoms with Crippen LogP contribution in [0.25, 0.3) is 16.8 Å². The molecule has 1 aliphatic rings. The Morgan fingerprint density at radius 3 is 2.43 bits per heavy atom. The summed E-state index contributed by atoms with van der Waals surface area (Å²) in [6, 6.07) is 10.3. The lowest BCUT2D eigenvalue weighted by Crippen LogP contribution is -2.39. The number of carbonyl (C=O) groups excluding carboxylic acids is 1. The van der Waals surface area contributed by atoms with Crippen LogP contribution >= 0.6 is 0 Å². The molecule has 3 heterocycles. The lowest BCUT2D eigenvalue weighted by molar-refractivity contribution is -0.131. The first-order valence-electron chi connectivity index (χ1n) is 10.1. The van der Waals surface area contributed by atoms with E-state index in [0.717, 1.165) is 65.4 Å². The molecular weight excluding hydrogens is 348 g/mol. The van der Waals surface area contributed by atoms with Crippen LogP contribution in [0.1, 0.15) is 42.4 Å². The molecule has 0 unspecified atom stereocenters. The van der Waals surface area contributed by atoms with Crippen molar-refractivity contribution in [2.24, 2.45) is 5.92 Å². The number of piperidine rings is 1. The van der Waals surface area contributed by atoms with Gasteiger partial charge in [-0.15, -0.1) is 0 Å². The smallest absolute Gasteiger partial charge is 0.227 e. The summed E-state index contributed by atoms with van der Waals surface area (Å²) in [6.07, 6.45) is 2.59. The van der Waals surface area contributed by atoms with Crippen molar-refractivity contribution in [3.63, 3.8) is 0 Å². The van der Waals surface area contributed by atoms with Gasteiger partial charge in [0.2, 0.25) is 5.91 Å². The average molecular weight is 377 g/mol. The molecule has 146 valence electrons. The zero-order valence-corrected chi connectivity index (χ0v) is 17.2. The summed E-state index contributed by atoms with van der Waals surface area (Å²) in [6.45, 7) is 10.1. The molecule has 0 saturated carbocycles. The first-order valence-corrected chi connectivity index (χ1v) is 10.1. The van der Waals surface area contributed by atoms with Gasteiger partial charge in [-0.05, 0) is 45.1 Å². The number of carbonyl (C=O) groups is 1. The molecule has 2 aromatic heterocycles. The van der Waals surface area contributed by atoms with Crippen molar-refractivity contribution in [1.82, 2.24) is 19.5 Å². The molecule has 28 heavy (non-hydrogen) atoms. The van der Waals surface area contributed by atoms with Crippen LogP contribution < -0.4 is 0 Å². The second-order valence-corrected chi connectivity index (χ2v) is 8.06. The molecule has 0 radical (unpaired) electrons. The standard InChI is InChI=1S/C23H28N4O/c1-15-10-12-26(13-11-15)21(28)14-20-16(2)24-23-22(19-8-6-5-7-9-19)17(3)25-27(23)18(20)4/h5-9,15H,10-14H2,1-4H3. The van der Waals surface area contributed by atoms with E-state index in [0.29, 0.717) is 12.3 Å². The fraction of sp³-hybridized carbons (Fsp3) is 0.435. The first kappa shape index (κ1) is 18.7. The van der Waals surface area contributed by atoms with Crippen molar-refractivity contribution in [3.05, 3.63) is 53.0 Å². The van der Waals surface area contributed by atoms with Crippen LogP contribution in [0.4, 0.5) is 0 Å². The van der Waals surface area contributed by atoms with Gasteiger partial charge in [-0.3, -0.25) is 4.79 Å². The highest BCUT2D eigenvalue weighted by Gasteiger charge is 2.23. The maximum absolute atomic E-state index is 12.9. The van der Waals surface area contributed by atoms with Gasteiger partial charge in [0.1, 0.15) is 0 Å². The van der Waals surface area contributed by atoms with Gasteiger partial charge >= 0.3 is 0 Å². The monoisotopic (exact) mass is 376 g/mol. The van der Waals surface area contributed by atoms with E-state index in [-0.39, 0.29) is 5.91 Å². The summed E-state index contributed by atoms with van der Waals surface area (Å²) < 4.78 is 1.91. The van der Waals surface area contributed by atoms with Crippen LogP contribution in [0.15, 0.2) is 30.3 Å². The van der Waals surface area contributed by atoms with Crippen molar-refractivity contribution in [1.29, 1.82) is 0 Å². The molecule has 3 aromatic rings. The van der Waals surface area contributed by atoms with Gasteiger partial charge in [0, 0.05) is 35.6 Å². The van der Waals surface area contributed by atoms with Gasteiger partial charge in [0.25, 0.3) is 0 Å². The number of aromatic nitrogens is 3. The maximum atomic E-state index is 12.9. The van der Waals surface area contributed by atoms with Gasteiger partial charge in [0.15, 0.2) is 5.65 Å². The molecule has 4 rings (SSSR count). The number of likely N-dealkylation sites (tertiary alicyclic amines) is 1. The highest BCUT2D eigenvalue weighted by molar-refractivity contribution is 5.82. The molecule has 5 heteroatoms. The third-order valence-electron chi connectivity index (χ3n) is 6.03. The fourth-order valence-electron chi connectivity index (χ4n) is 4.19. The Bertz CT molecular complexity index is 1010. The Balaban J connectivity index is 1.70. The SMILES string of the molecule is Cc1nc2c(-c3ccccc3)c(C)nn2c(C)c1CC(=O)N1CCC(C)CC1. The largest absolute Gasteiger partial charge is 0.342 e. The molecule has 1 amide bonds. The lowest BCUT2D eigenvalue weighted by atomic mass is 9.98. The van der Waals surface area contributed by atoms with Crippen LogP contribution in [-0.2, 0) is 11.2 Å². The molecule has 5 nitrogen and oxygen atoms in total. The van der Waals surface area contributed by atoms with Crippen molar-refractivity contribution in [3.8, 4) is 11.1 Å². The maximum Gasteiger partial charge on any atom is 0.227 e. The summed E-state index contributed by atoms with van der Waals surface area (Å²) in [7, 11) is 0. The molecule has 1 aliphatic heterocycles. The summed E-state index contributed by atoms with van der Waals surface area (Å²) in [5, 5.41) is 4.75. The summed E-state index contributed by atoms with van der Waals surface area (Å²) in [5.41, 5.74) is 6.92. The van der Waals surface area contributed by atoms with Gasteiger partial charge in [-0.25, -0.2) is 9.50 Å². The van der Waals surface area contributed by atoms with Crippen LogP contribution in [0, 0.1) is 26.7 Å². The molecule has 0 spiro atoms. The van der Waals surface area contributed by atoms with Gasteiger partial charge in [-0.2, -0.15) is 5.10 Å². The highest BCUT2D eigenvalue weighted by atomic mass is 16.2. The third kappa shape index (κ3) is 3.30. The van der Waals surface area contributed by atoms with E-state index >= 15 is 0 Å². The van der Waals surface area contributed by atoms with E-state index in [1.807, 2.05) is 48.4 Å². The molecular formula is C23H28N4O. The Kier molecular flexibility index (Phi) is 4.92.